The lowest BCUT2D eigenvalue weighted by Gasteiger charge is -2.27. The molecule has 19 heavy (non-hydrogen) atoms. The summed E-state index contributed by atoms with van der Waals surface area (Å²) in [6.07, 6.45) is 2.07. The average molecular weight is 286 g/mol. The monoisotopic (exact) mass is 285 g/mol. The quantitative estimate of drug-likeness (QED) is 0.923. The fourth-order valence-electron chi connectivity index (χ4n) is 2.60. The molecule has 0 unspecified atom stereocenters. The second-order valence-corrected chi connectivity index (χ2v) is 4.94. The molecule has 0 radical (unpaired) electrons. The first kappa shape index (κ1) is 14.3. The van der Waals surface area contributed by atoms with Crippen molar-refractivity contribution >= 4 is 11.6 Å². The van der Waals surface area contributed by atoms with E-state index in [4.69, 9.17) is 25.8 Å². The van der Waals surface area contributed by atoms with Gasteiger partial charge in [-0.15, -0.1) is 0 Å². The molecule has 0 aliphatic carbocycles. The summed E-state index contributed by atoms with van der Waals surface area (Å²) in [6, 6.07) is 1.77. The fourth-order valence-corrected chi connectivity index (χ4v) is 2.97. The molecule has 0 aromatic heterocycles. The number of hydrogen-bond donors (Lipinski definition) is 1. The molecule has 0 bridgehead atoms. The molecule has 1 aliphatic rings. The molecule has 1 aliphatic heterocycles. The topological polar surface area (TPSA) is 39.7 Å². The number of rotatable bonds is 4. The Morgan fingerprint density at radius 3 is 2.21 bits per heavy atom. The van der Waals surface area contributed by atoms with Crippen LogP contribution < -0.4 is 19.5 Å². The predicted molar refractivity (Wildman–Crippen MR) is 76.0 cm³/mol. The zero-order chi connectivity index (χ0) is 13.8. The van der Waals surface area contributed by atoms with Gasteiger partial charge in [0.1, 0.15) is 5.75 Å². The average Bonchev–Trinajstić information content (AvgIpc) is 2.47. The number of nitrogens with one attached hydrogen (secondary N) is 1. The Morgan fingerprint density at radius 2 is 1.68 bits per heavy atom. The molecule has 4 nitrogen and oxygen atoms in total. The summed E-state index contributed by atoms with van der Waals surface area (Å²) in [5, 5.41) is 3.98. The molecular formula is C14H20ClNO3. The first-order chi connectivity index (χ1) is 9.22. The summed E-state index contributed by atoms with van der Waals surface area (Å²) in [4.78, 5) is 0. The highest BCUT2D eigenvalue weighted by atomic mass is 35.5. The van der Waals surface area contributed by atoms with Gasteiger partial charge in [0.15, 0.2) is 11.5 Å². The van der Waals surface area contributed by atoms with Gasteiger partial charge in [0.05, 0.1) is 26.4 Å². The maximum Gasteiger partial charge on any atom is 0.165 e. The van der Waals surface area contributed by atoms with Gasteiger partial charge in [-0.05, 0) is 31.8 Å². The van der Waals surface area contributed by atoms with Crippen molar-refractivity contribution < 1.29 is 14.2 Å². The third kappa shape index (κ3) is 2.74. The summed E-state index contributed by atoms with van der Waals surface area (Å²) in [7, 11) is 4.88. The summed E-state index contributed by atoms with van der Waals surface area (Å²) in [6.45, 7) is 1.98. The van der Waals surface area contributed by atoms with E-state index in [1.807, 2.05) is 0 Å². The van der Waals surface area contributed by atoms with E-state index in [1.165, 1.54) is 0 Å². The first-order valence-corrected chi connectivity index (χ1v) is 6.79. The largest absolute Gasteiger partial charge is 0.495 e. The maximum atomic E-state index is 6.47. The Bertz CT molecular complexity index is 445. The van der Waals surface area contributed by atoms with E-state index in [-0.39, 0.29) is 0 Å². The van der Waals surface area contributed by atoms with E-state index in [9.17, 15) is 0 Å². The summed E-state index contributed by atoms with van der Waals surface area (Å²) >= 11 is 6.47. The van der Waals surface area contributed by atoms with Gasteiger partial charge >= 0.3 is 0 Å². The Balaban J connectivity index is 2.53. The molecule has 0 spiro atoms. The zero-order valence-electron chi connectivity index (χ0n) is 11.6. The van der Waals surface area contributed by atoms with Gasteiger partial charge in [-0.2, -0.15) is 0 Å². The van der Waals surface area contributed by atoms with Crippen molar-refractivity contribution in [2.45, 2.75) is 18.8 Å². The molecule has 5 heteroatoms. The number of hydrogen-bond acceptors (Lipinski definition) is 4. The van der Waals surface area contributed by atoms with Crippen LogP contribution in [0, 0.1) is 0 Å². The van der Waals surface area contributed by atoms with Gasteiger partial charge < -0.3 is 19.5 Å². The lowest BCUT2D eigenvalue weighted by atomic mass is 9.89. The molecule has 0 atom stereocenters. The molecule has 106 valence electrons. The van der Waals surface area contributed by atoms with Crippen LogP contribution in [-0.2, 0) is 0 Å². The van der Waals surface area contributed by atoms with Gasteiger partial charge in [0.25, 0.3) is 0 Å². The second kappa shape index (κ2) is 6.35. The zero-order valence-corrected chi connectivity index (χ0v) is 12.3. The summed E-state index contributed by atoms with van der Waals surface area (Å²) in [5.74, 6) is 2.39. The van der Waals surface area contributed by atoms with Crippen LogP contribution >= 0.6 is 11.6 Å². The molecule has 2 rings (SSSR count). The highest BCUT2D eigenvalue weighted by Crippen LogP contribution is 2.47. The summed E-state index contributed by atoms with van der Waals surface area (Å²) in [5.41, 5.74) is 1.00. The Labute approximate surface area is 119 Å². The van der Waals surface area contributed by atoms with Crippen molar-refractivity contribution in [3.8, 4) is 17.2 Å². The normalized spacial score (nSPS) is 16.2. The van der Waals surface area contributed by atoms with E-state index < -0.39 is 0 Å². The minimum absolute atomic E-state index is 0.368. The second-order valence-electron chi connectivity index (χ2n) is 4.57. The summed E-state index contributed by atoms with van der Waals surface area (Å²) < 4.78 is 16.2. The van der Waals surface area contributed by atoms with Gasteiger partial charge in [-0.25, -0.2) is 0 Å². The number of halogens is 1. The van der Waals surface area contributed by atoms with E-state index >= 15 is 0 Å². The molecule has 1 aromatic rings. The molecular weight excluding hydrogens is 266 g/mol. The fraction of sp³-hybridized carbons (Fsp3) is 0.571. The van der Waals surface area contributed by atoms with Crippen molar-refractivity contribution in [2.75, 3.05) is 34.4 Å². The molecule has 0 amide bonds. The Kier molecular flexibility index (Phi) is 4.77. The minimum atomic E-state index is 0.368. The van der Waals surface area contributed by atoms with Gasteiger partial charge in [-0.3, -0.25) is 0 Å². The SMILES string of the molecule is COc1cc(OC)c(OC)c(C2CCNCC2)c1Cl. The van der Waals surface area contributed by atoms with Crippen LogP contribution in [-0.4, -0.2) is 34.4 Å². The van der Waals surface area contributed by atoms with Crippen LogP contribution in [0.25, 0.3) is 0 Å². The van der Waals surface area contributed by atoms with E-state index in [0.29, 0.717) is 22.4 Å². The van der Waals surface area contributed by atoms with Crippen molar-refractivity contribution in [2.24, 2.45) is 0 Å². The molecule has 1 N–H and O–H groups in total. The number of piperidine rings is 1. The molecule has 0 saturated carbocycles. The maximum absolute atomic E-state index is 6.47. The highest BCUT2D eigenvalue weighted by molar-refractivity contribution is 6.33. The number of methoxy groups -OCH3 is 3. The van der Waals surface area contributed by atoms with Crippen LogP contribution in [0.4, 0.5) is 0 Å². The van der Waals surface area contributed by atoms with Crippen LogP contribution in [0.1, 0.15) is 24.3 Å². The number of benzene rings is 1. The van der Waals surface area contributed by atoms with E-state index in [0.717, 1.165) is 37.2 Å². The van der Waals surface area contributed by atoms with Crippen LogP contribution in [0.5, 0.6) is 17.2 Å². The lowest BCUT2D eigenvalue weighted by Crippen LogP contribution is -2.27. The molecule has 1 aromatic carbocycles. The Morgan fingerprint density at radius 1 is 1.05 bits per heavy atom. The Hall–Kier alpha value is -1.13. The van der Waals surface area contributed by atoms with E-state index in [1.54, 1.807) is 27.4 Å². The predicted octanol–water partition coefficient (Wildman–Crippen LogP) is 2.83. The third-order valence-corrected chi connectivity index (χ3v) is 3.96. The standard InChI is InChI=1S/C14H20ClNO3/c1-17-10-8-11(18-2)14(19-3)12(13(10)15)9-4-6-16-7-5-9/h8-9,16H,4-7H2,1-3H3. The van der Waals surface area contributed by atoms with Gasteiger partial charge in [-0.1, -0.05) is 11.6 Å². The smallest absolute Gasteiger partial charge is 0.165 e. The molecule has 1 heterocycles. The van der Waals surface area contributed by atoms with Crippen LogP contribution in [0.15, 0.2) is 6.07 Å². The number of ether oxygens (including phenoxy) is 3. The minimum Gasteiger partial charge on any atom is -0.495 e. The van der Waals surface area contributed by atoms with Gasteiger partial charge in [0, 0.05) is 11.6 Å². The third-order valence-electron chi connectivity index (χ3n) is 3.57. The van der Waals surface area contributed by atoms with Crippen molar-refractivity contribution in [1.29, 1.82) is 0 Å². The molecule has 1 saturated heterocycles. The van der Waals surface area contributed by atoms with Crippen molar-refractivity contribution in [3.05, 3.63) is 16.7 Å². The van der Waals surface area contributed by atoms with Gasteiger partial charge in [0.2, 0.25) is 0 Å². The van der Waals surface area contributed by atoms with Crippen molar-refractivity contribution in [3.63, 3.8) is 0 Å². The molecule has 1 fully saturated rings. The van der Waals surface area contributed by atoms with Crippen LogP contribution in [0.2, 0.25) is 5.02 Å². The first-order valence-electron chi connectivity index (χ1n) is 6.42. The highest BCUT2D eigenvalue weighted by Gasteiger charge is 2.27. The van der Waals surface area contributed by atoms with Crippen molar-refractivity contribution in [1.82, 2.24) is 5.32 Å². The van der Waals surface area contributed by atoms with E-state index in [2.05, 4.69) is 5.32 Å². The van der Waals surface area contributed by atoms with Crippen LogP contribution in [0.3, 0.4) is 0 Å². The lowest BCUT2D eigenvalue weighted by molar-refractivity contribution is 0.338.